The zero-order valence-electron chi connectivity index (χ0n) is 8.84. The van der Waals surface area contributed by atoms with Crippen LogP contribution >= 0.6 is 11.3 Å². The molecular formula is C10H14N4S. The van der Waals surface area contributed by atoms with Crippen LogP contribution < -0.4 is 5.73 Å². The number of aryl methyl sites for hydroxylation is 2. The SMILES string of the molecule is Cc1ncsc1C(N)Cc1nccn1C. The summed E-state index contributed by atoms with van der Waals surface area (Å²) in [5, 5.41) is 0. The van der Waals surface area contributed by atoms with Crippen molar-refractivity contribution in [3.8, 4) is 0 Å². The summed E-state index contributed by atoms with van der Waals surface area (Å²) in [5.41, 5.74) is 8.98. The van der Waals surface area contributed by atoms with Crippen LogP contribution in [0, 0.1) is 6.92 Å². The van der Waals surface area contributed by atoms with Gasteiger partial charge >= 0.3 is 0 Å². The van der Waals surface area contributed by atoms with Crippen molar-refractivity contribution >= 4 is 11.3 Å². The van der Waals surface area contributed by atoms with Crippen LogP contribution in [0.5, 0.6) is 0 Å². The lowest BCUT2D eigenvalue weighted by Crippen LogP contribution is -2.15. The molecule has 2 heterocycles. The van der Waals surface area contributed by atoms with Gasteiger partial charge in [-0.2, -0.15) is 0 Å². The number of aromatic nitrogens is 3. The maximum Gasteiger partial charge on any atom is 0.110 e. The standard InChI is InChI=1S/C10H14N4S/c1-7-10(15-6-13-7)8(11)5-9-12-3-4-14(9)2/h3-4,6,8H,5,11H2,1-2H3. The second-order valence-electron chi connectivity index (χ2n) is 3.57. The first-order chi connectivity index (χ1) is 7.18. The van der Waals surface area contributed by atoms with E-state index in [0.717, 1.165) is 22.8 Å². The molecule has 0 saturated carbocycles. The monoisotopic (exact) mass is 222 g/mol. The Hall–Kier alpha value is -1.20. The Morgan fingerprint density at radius 2 is 2.33 bits per heavy atom. The molecule has 0 radical (unpaired) electrons. The van der Waals surface area contributed by atoms with Gasteiger partial charge in [0.05, 0.1) is 11.2 Å². The Morgan fingerprint density at radius 3 is 2.87 bits per heavy atom. The third-order valence-electron chi connectivity index (χ3n) is 2.44. The largest absolute Gasteiger partial charge is 0.338 e. The Balaban J connectivity index is 2.14. The van der Waals surface area contributed by atoms with Gasteiger partial charge in [0, 0.05) is 36.8 Å². The highest BCUT2D eigenvalue weighted by molar-refractivity contribution is 7.09. The topological polar surface area (TPSA) is 56.7 Å². The van der Waals surface area contributed by atoms with Gasteiger partial charge in [0.2, 0.25) is 0 Å². The molecule has 0 aliphatic rings. The molecule has 0 aliphatic heterocycles. The van der Waals surface area contributed by atoms with E-state index in [1.807, 2.05) is 30.2 Å². The Morgan fingerprint density at radius 1 is 1.53 bits per heavy atom. The lowest BCUT2D eigenvalue weighted by molar-refractivity contribution is 0.664. The molecular weight excluding hydrogens is 208 g/mol. The molecule has 0 bridgehead atoms. The van der Waals surface area contributed by atoms with Gasteiger partial charge in [-0.15, -0.1) is 11.3 Å². The van der Waals surface area contributed by atoms with E-state index >= 15 is 0 Å². The van der Waals surface area contributed by atoms with Crippen LogP contribution in [-0.2, 0) is 13.5 Å². The highest BCUT2D eigenvalue weighted by Crippen LogP contribution is 2.22. The number of nitrogens with two attached hydrogens (primary N) is 1. The van der Waals surface area contributed by atoms with Gasteiger partial charge in [-0.3, -0.25) is 0 Å². The summed E-state index contributed by atoms with van der Waals surface area (Å²) < 4.78 is 2.00. The van der Waals surface area contributed by atoms with Gasteiger partial charge in [-0.05, 0) is 6.92 Å². The lowest BCUT2D eigenvalue weighted by atomic mass is 10.1. The van der Waals surface area contributed by atoms with Gasteiger partial charge in [-0.25, -0.2) is 9.97 Å². The predicted octanol–water partition coefficient (Wildman–Crippen LogP) is 1.43. The third kappa shape index (κ3) is 2.08. The molecule has 2 aromatic rings. The van der Waals surface area contributed by atoms with Crippen LogP contribution in [0.4, 0.5) is 0 Å². The summed E-state index contributed by atoms with van der Waals surface area (Å²) in [6.45, 7) is 1.99. The van der Waals surface area contributed by atoms with E-state index in [0.29, 0.717) is 0 Å². The van der Waals surface area contributed by atoms with E-state index in [9.17, 15) is 0 Å². The first-order valence-electron chi connectivity index (χ1n) is 4.80. The van der Waals surface area contributed by atoms with Crippen LogP contribution in [0.3, 0.4) is 0 Å². The molecule has 0 fully saturated rings. The van der Waals surface area contributed by atoms with Gasteiger partial charge < -0.3 is 10.3 Å². The van der Waals surface area contributed by atoms with Crippen molar-refractivity contribution in [1.29, 1.82) is 0 Å². The van der Waals surface area contributed by atoms with Crippen LogP contribution in [0.2, 0.25) is 0 Å². The third-order valence-corrected chi connectivity index (χ3v) is 3.51. The van der Waals surface area contributed by atoms with Crippen LogP contribution in [0.1, 0.15) is 22.4 Å². The second kappa shape index (κ2) is 4.12. The zero-order valence-corrected chi connectivity index (χ0v) is 9.66. The van der Waals surface area contributed by atoms with Crippen LogP contribution in [0.25, 0.3) is 0 Å². The highest BCUT2D eigenvalue weighted by atomic mass is 32.1. The fourth-order valence-electron chi connectivity index (χ4n) is 1.55. The minimum absolute atomic E-state index is 0.00130. The maximum atomic E-state index is 6.12. The fraction of sp³-hybridized carbons (Fsp3) is 0.400. The average Bonchev–Trinajstić information content (AvgIpc) is 2.76. The summed E-state index contributed by atoms with van der Waals surface area (Å²) in [6.07, 6.45) is 4.48. The predicted molar refractivity (Wildman–Crippen MR) is 60.7 cm³/mol. The van der Waals surface area contributed by atoms with E-state index < -0.39 is 0 Å². The maximum absolute atomic E-state index is 6.12. The molecule has 2 aromatic heterocycles. The molecule has 2 N–H and O–H groups in total. The fourth-order valence-corrected chi connectivity index (χ4v) is 2.36. The number of nitrogens with zero attached hydrogens (tertiary/aromatic N) is 3. The van der Waals surface area contributed by atoms with Gasteiger partial charge in [0.25, 0.3) is 0 Å². The second-order valence-corrected chi connectivity index (χ2v) is 4.45. The molecule has 0 saturated heterocycles. The summed E-state index contributed by atoms with van der Waals surface area (Å²) in [6, 6.07) is -0.00130. The minimum Gasteiger partial charge on any atom is -0.338 e. The first kappa shape index (κ1) is 10.3. The Labute approximate surface area is 92.8 Å². The van der Waals surface area contributed by atoms with E-state index in [1.165, 1.54) is 0 Å². The van der Waals surface area contributed by atoms with Crippen molar-refractivity contribution in [2.75, 3.05) is 0 Å². The summed E-state index contributed by atoms with van der Waals surface area (Å²) in [4.78, 5) is 9.61. The van der Waals surface area contributed by atoms with Crippen molar-refractivity contribution in [1.82, 2.24) is 14.5 Å². The molecule has 1 unspecified atom stereocenters. The number of hydrogen-bond acceptors (Lipinski definition) is 4. The summed E-state index contributed by atoms with van der Waals surface area (Å²) in [7, 11) is 1.98. The van der Waals surface area contributed by atoms with E-state index in [2.05, 4.69) is 9.97 Å². The van der Waals surface area contributed by atoms with Gasteiger partial charge in [0.1, 0.15) is 5.82 Å². The molecule has 0 spiro atoms. The quantitative estimate of drug-likeness (QED) is 0.854. The number of rotatable bonds is 3. The Kier molecular flexibility index (Phi) is 2.83. The minimum atomic E-state index is -0.00130. The molecule has 0 aliphatic carbocycles. The van der Waals surface area contributed by atoms with E-state index in [1.54, 1.807) is 17.5 Å². The molecule has 1 atom stereocenters. The molecule has 15 heavy (non-hydrogen) atoms. The molecule has 5 heteroatoms. The molecule has 0 aromatic carbocycles. The van der Waals surface area contributed by atoms with Crippen molar-refractivity contribution in [3.63, 3.8) is 0 Å². The number of thiazole rings is 1. The summed E-state index contributed by atoms with van der Waals surface area (Å²) in [5.74, 6) is 1.01. The summed E-state index contributed by atoms with van der Waals surface area (Å²) >= 11 is 1.61. The zero-order chi connectivity index (χ0) is 10.8. The number of imidazole rings is 1. The van der Waals surface area contributed by atoms with E-state index in [4.69, 9.17) is 5.73 Å². The highest BCUT2D eigenvalue weighted by Gasteiger charge is 2.14. The molecule has 4 nitrogen and oxygen atoms in total. The smallest absolute Gasteiger partial charge is 0.110 e. The van der Waals surface area contributed by atoms with Gasteiger partial charge in [-0.1, -0.05) is 0 Å². The van der Waals surface area contributed by atoms with Crippen molar-refractivity contribution < 1.29 is 0 Å². The average molecular weight is 222 g/mol. The van der Waals surface area contributed by atoms with Crippen LogP contribution in [-0.4, -0.2) is 14.5 Å². The lowest BCUT2D eigenvalue weighted by Gasteiger charge is -2.09. The molecule has 2 rings (SSSR count). The molecule has 80 valence electrons. The van der Waals surface area contributed by atoms with E-state index in [-0.39, 0.29) is 6.04 Å². The Bertz CT molecular complexity index is 446. The first-order valence-corrected chi connectivity index (χ1v) is 5.68. The van der Waals surface area contributed by atoms with Crippen molar-refractivity contribution in [2.45, 2.75) is 19.4 Å². The normalized spacial score (nSPS) is 13.0. The van der Waals surface area contributed by atoms with Crippen molar-refractivity contribution in [3.05, 3.63) is 34.3 Å². The molecule has 0 amide bonds. The van der Waals surface area contributed by atoms with Crippen LogP contribution in [0.15, 0.2) is 17.9 Å². The van der Waals surface area contributed by atoms with Gasteiger partial charge in [0.15, 0.2) is 0 Å². The number of hydrogen-bond donors (Lipinski definition) is 1. The van der Waals surface area contributed by atoms with Crippen molar-refractivity contribution in [2.24, 2.45) is 12.8 Å².